The number of benzene rings is 2. The average molecular weight is 359 g/mol. The fourth-order valence-corrected chi connectivity index (χ4v) is 2.47. The van der Waals surface area contributed by atoms with Crippen LogP contribution in [-0.2, 0) is 11.2 Å². The van der Waals surface area contributed by atoms with E-state index in [0.29, 0.717) is 23.7 Å². The maximum Gasteiger partial charge on any atom is 0.337 e. The van der Waals surface area contributed by atoms with Gasteiger partial charge in [-0.3, -0.25) is 4.79 Å². The number of nitrogens with one attached hydrogen (secondary N) is 1. The standard InChI is InChI=1S/C19H21NO6/c1-24-13-6-8-17(26-3)12(10-13)4-9-18(21)20-16-7-5-14(25-2)11-15(16)19(22)23/h5-8,10-11H,4,9H2,1-3H3,(H,20,21)(H,22,23). The molecule has 0 aromatic heterocycles. The van der Waals surface area contributed by atoms with E-state index < -0.39 is 5.97 Å². The van der Waals surface area contributed by atoms with Crippen LogP contribution in [0.15, 0.2) is 36.4 Å². The highest BCUT2D eigenvalue weighted by Gasteiger charge is 2.15. The third kappa shape index (κ3) is 4.66. The summed E-state index contributed by atoms with van der Waals surface area (Å²) in [6, 6.07) is 9.82. The Morgan fingerprint density at radius 2 is 1.62 bits per heavy atom. The molecule has 2 aromatic rings. The quantitative estimate of drug-likeness (QED) is 0.752. The summed E-state index contributed by atoms with van der Waals surface area (Å²) in [7, 11) is 4.57. The monoisotopic (exact) mass is 359 g/mol. The van der Waals surface area contributed by atoms with Crippen molar-refractivity contribution in [2.24, 2.45) is 0 Å². The van der Waals surface area contributed by atoms with Crippen molar-refractivity contribution in [1.82, 2.24) is 0 Å². The minimum absolute atomic E-state index is 0.0309. The topological polar surface area (TPSA) is 94.1 Å². The number of hydrogen-bond acceptors (Lipinski definition) is 5. The maximum absolute atomic E-state index is 12.3. The number of aromatic carboxylic acids is 1. The number of aryl methyl sites for hydroxylation is 1. The molecule has 0 fully saturated rings. The number of carbonyl (C=O) groups is 2. The van der Waals surface area contributed by atoms with Crippen molar-refractivity contribution < 1.29 is 28.9 Å². The van der Waals surface area contributed by atoms with Gasteiger partial charge in [0.2, 0.25) is 5.91 Å². The van der Waals surface area contributed by atoms with Crippen molar-refractivity contribution in [1.29, 1.82) is 0 Å². The molecule has 0 saturated carbocycles. The zero-order valence-electron chi connectivity index (χ0n) is 14.9. The van der Waals surface area contributed by atoms with Gasteiger partial charge in [0.15, 0.2) is 0 Å². The summed E-state index contributed by atoms with van der Waals surface area (Å²) in [5.41, 5.74) is 1.02. The molecule has 138 valence electrons. The van der Waals surface area contributed by atoms with Crippen molar-refractivity contribution in [2.75, 3.05) is 26.6 Å². The van der Waals surface area contributed by atoms with Gasteiger partial charge in [0.1, 0.15) is 17.2 Å². The lowest BCUT2D eigenvalue weighted by Gasteiger charge is -2.12. The highest BCUT2D eigenvalue weighted by atomic mass is 16.5. The molecule has 0 aliphatic heterocycles. The molecule has 2 rings (SSSR count). The normalized spacial score (nSPS) is 10.1. The highest BCUT2D eigenvalue weighted by molar-refractivity contribution is 6.00. The second kappa shape index (κ2) is 8.75. The average Bonchev–Trinajstić information content (AvgIpc) is 2.66. The van der Waals surface area contributed by atoms with Crippen LogP contribution in [0.3, 0.4) is 0 Å². The van der Waals surface area contributed by atoms with Gasteiger partial charge in [-0.05, 0) is 48.4 Å². The van der Waals surface area contributed by atoms with Crippen LogP contribution in [0.25, 0.3) is 0 Å². The van der Waals surface area contributed by atoms with Crippen LogP contribution in [0.2, 0.25) is 0 Å². The summed E-state index contributed by atoms with van der Waals surface area (Å²) in [6.45, 7) is 0. The van der Waals surface area contributed by atoms with E-state index in [2.05, 4.69) is 5.32 Å². The Labute approximate surface area is 151 Å². The number of methoxy groups -OCH3 is 3. The van der Waals surface area contributed by atoms with E-state index in [9.17, 15) is 14.7 Å². The smallest absolute Gasteiger partial charge is 0.337 e. The number of carboxylic acids is 1. The number of hydrogen-bond donors (Lipinski definition) is 2. The number of ether oxygens (including phenoxy) is 3. The first-order chi connectivity index (χ1) is 12.5. The SMILES string of the molecule is COc1ccc(OC)c(CCC(=O)Nc2ccc(OC)cc2C(=O)O)c1. The first-order valence-corrected chi connectivity index (χ1v) is 7.90. The summed E-state index contributed by atoms with van der Waals surface area (Å²) in [4.78, 5) is 23.6. The Morgan fingerprint density at radius 3 is 2.23 bits per heavy atom. The third-order valence-electron chi connectivity index (χ3n) is 3.84. The Kier molecular flexibility index (Phi) is 6.43. The zero-order valence-corrected chi connectivity index (χ0v) is 14.9. The van der Waals surface area contributed by atoms with Gasteiger partial charge in [0, 0.05) is 6.42 Å². The largest absolute Gasteiger partial charge is 0.497 e. The molecule has 1 amide bonds. The molecule has 0 saturated heterocycles. The van der Waals surface area contributed by atoms with Crippen molar-refractivity contribution in [3.63, 3.8) is 0 Å². The van der Waals surface area contributed by atoms with Gasteiger partial charge in [0.25, 0.3) is 0 Å². The molecular formula is C19H21NO6. The number of amides is 1. The molecular weight excluding hydrogens is 338 g/mol. The summed E-state index contributed by atoms with van der Waals surface area (Å²) >= 11 is 0. The number of carbonyl (C=O) groups excluding carboxylic acids is 1. The lowest BCUT2D eigenvalue weighted by Crippen LogP contribution is -2.15. The molecule has 0 bridgehead atoms. The predicted octanol–water partition coefficient (Wildman–Crippen LogP) is 2.98. The van der Waals surface area contributed by atoms with E-state index in [4.69, 9.17) is 14.2 Å². The van der Waals surface area contributed by atoms with Crippen LogP contribution < -0.4 is 19.5 Å². The molecule has 0 heterocycles. The van der Waals surface area contributed by atoms with Crippen LogP contribution in [-0.4, -0.2) is 38.3 Å². The number of rotatable bonds is 8. The van der Waals surface area contributed by atoms with Crippen LogP contribution in [0.5, 0.6) is 17.2 Å². The highest BCUT2D eigenvalue weighted by Crippen LogP contribution is 2.26. The van der Waals surface area contributed by atoms with Crippen molar-refractivity contribution in [2.45, 2.75) is 12.8 Å². The molecule has 26 heavy (non-hydrogen) atoms. The molecule has 0 aliphatic carbocycles. The molecule has 0 aliphatic rings. The van der Waals surface area contributed by atoms with Gasteiger partial charge < -0.3 is 24.6 Å². The van der Waals surface area contributed by atoms with Crippen molar-refractivity contribution in [3.05, 3.63) is 47.5 Å². The Hall–Kier alpha value is -3.22. The molecule has 7 heteroatoms. The Morgan fingerprint density at radius 1 is 0.962 bits per heavy atom. The molecule has 0 spiro atoms. The number of carboxylic acid groups (broad SMARTS) is 1. The van der Waals surface area contributed by atoms with E-state index >= 15 is 0 Å². The van der Waals surface area contributed by atoms with Gasteiger partial charge in [0.05, 0.1) is 32.6 Å². The van der Waals surface area contributed by atoms with E-state index in [1.807, 2.05) is 6.07 Å². The third-order valence-corrected chi connectivity index (χ3v) is 3.84. The van der Waals surface area contributed by atoms with Crippen LogP contribution in [0.1, 0.15) is 22.3 Å². The predicted molar refractivity (Wildman–Crippen MR) is 96.5 cm³/mol. The summed E-state index contributed by atoms with van der Waals surface area (Å²) < 4.78 is 15.5. The minimum atomic E-state index is -1.14. The molecule has 0 atom stereocenters. The van der Waals surface area contributed by atoms with Crippen molar-refractivity contribution >= 4 is 17.6 Å². The fourth-order valence-electron chi connectivity index (χ4n) is 2.47. The molecule has 2 aromatic carbocycles. The van der Waals surface area contributed by atoms with Crippen LogP contribution in [0, 0.1) is 0 Å². The lowest BCUT2D eigenvalue weighted by atomic mass is 10.1. The second-order valence-electron chi connectivity index (χ2n) is 5.44. The van der Waals surface area contributed by atoms with Gasteiger partial charge in [-0.1, -0.05) is 0 Å². The summed E-state index contributed by atoms with van der Waals surface area (Å²) in [5.74, 6) is 0.288. The van der Waals surface area contributed by atoms with Crippen molar-refractivity contribution in [3.8, 4) is 17.2 Å². The van der Waals surface area contributed by atoms with E-state index in [1.54, 1.807) is 32.4 Å². The van der Waals surface area contributed by atoms with Gasteiger partial charge in [-0.2, -0.15) is 0 Å². The molecule has 2 N–H and O–H groups in total. The zero-order chi connectivity index (χ0) is 19.1. The summed E-state index contributed by atoms with van der Waals surface area (Å²) in [6.07, 6.45) is 0.583. The van der Waals surface area contributed by atoms with Crippen LogP contribution in [0.4, 0.5) is 5.69 Å². The van der Waals surface area contributed by atoms with E-state index in [-0.39, 0.29) is 23.6 Å². The van der Waals surface area contributed by atoms with Gasteiger partial charge in [-0.25, -0.2) is 4.79 Å². The summed E-state index contributed by atoms with van der Waals surface area (Å²) in [5, 5.41) is 11.9. The Balaban J connectivity index is 2.09. The first kappa shape index (κ1) is 19.1. The minimum Gasteiger partial charge on any atom is -0.497 e. The molecule has 0 radical (unpaired) electrons. The number of anilines is 1. The second-order valence-corrected chi connectivity index (χ2v) is 5.44. The fraction of sp³-hybridized carbons (Fsp3) is 0.263. The first-order valence-electron chi connectivity index (χ1n) is 7.90. The molecule has 0 unspecified atom stereocenters. The molecule has 7 nitrogen and oxygen atoms in total. The maximum atomic E-state index is 12.3. The lowest BCUT2D eigenvalue weighted by molar-refractivity contribution is -0.116. The van der Waals surface area contributed by atoms with E-state index in [1.165, 1.54) is 19.2 Å². The Bertz CT molecular complexity index is 803. The van der Waals surface area contributed by atoms with E-state index in [0.717, 1.165) is 5.56 Å². The van der Waals surface area contributed by atoms with Gasteiger partial charge >= 0.3 is 5.97 Å². The van der Waals surface area contributed by atoms with Gasteiger partial charge in [-0.15, -0.1) is 0 Å². The van der Waals surface area contributed by atoms with Crippen LogP contribution >= 0.6 is 0 Å².